The van der Waals surface area contributed by atoms with Gasteiger partial charge in [0.05, 0.1) is 11.3 Å². The van der Waals surface area contributed by atoms with Crippen LogP contribution in [0.15, 0.2) is 72.4 Å². The summed E-state index contributed by atoms with van der Waals surface area (Å²) in [5.74, 6) is 0.281. The van der Waals surface area contributed by atoms with Gasteiger partial charge >= 0.3 is 6.18 Å². The molecule has 2 nitrogen and oxygen atoms in total. The van der Waals surface area contributed by atoms with Crippen molar-refractivity contribution < 1.29 is 18.0 Å². The molecular formula is C20H20F3NO. The summed E-state index contributed by atoms with van der Waals surface area (Å²) >= 11 is 0. The third-order valence-corrected chi connectivity index (χ3v) is 3.64. The number of hydrogen-bond acceptors (Lipinski definition) is 2. The number of oxime groups is 1. The Balaban J connectivity index is 2.00. The van der Waals surface area contributed by atoms with Crippen LogP contribution in [0.1, 0.15) is 30.4 Å². The van der Waals surface area contributed by atoms with E-state index < -0.39 is 11.7 Å². The maximum Gasteiger partial charge on any atom is 0.416 e. The monoisotopic (exact) mass is 347 g/mol. The van der Waals surface area contributed by atoms with E-state index in [1.807, 2.05) is 30.3 Å². The highest BCUT2D eigenvalue weighted by Gasteiger charge is 2.30. The fourth-order valence-corrected chi connectivity index (χ4v) is 2.24. The minimum Gasteiger partial charge on any atom is -0.357 e. The first-order valence-electron chi connectivity index (χ1n) is 8.04. The molecule has 0 aliphatic carbocycles. The molecule has 132 valence electrons. The summed E-state index contributed by atoms with van der Waals surface area (Å²) in [6.07, 6.45) is 0.468. The number of alkyl halides is 3. The van der Waals surface area contributed by atoms with Gasteiger partial charge in [-0.1, -0.05) is 41.6 Å². The molecule has 0 aliphatic rings. The van der Waals surface area contributed by atoms with E-state index in [0.29, 0.717) is 6.42 Å². The van der Waals surface area contributed by atoms with E-state index in [1.165, 1.54) is 17.7 Å². The van der Waals surface area contributed by atoms with Crippen molar-refractivity contribution in [1.29, 1.82) is 0 Å². The van der Waals surface area contributed by atoms with Crippen molar-refractivity contribution in [2.75, 3.05) is 0 Å². The summed E-state index contributed by atoms with van der Waals surface area (Å²) in [6, 6.07) is 14.5. The van der Waals surface area contributed by atoms with E-state index in [2.05, 4.69) is 11.7 Å². The predicted octanol–water partition coefficient (Wildman–Crippen LogP) is 6.04. The molecule has 0 radical (unpaired) electrons. The summed E-state index contributed by atoms with van der Waals surface area (Å²) < 4.78 is 37.7. The van der Waals surface area contributed by atoms with Crippen LogP contribution in [0.3, 0.4) is 0 Å². The highest BCUT2D eigenvalue weighted by Crippen LogP contribution is 2.30. The minimum absolute atomic E-state index is 0.281. The van der Waals surface area contributed by atoms with Gasteiger partial charge in [0.1, 0.15) is 0 Å². The first kappa shape index (κ1) is 18.8. The lowest BCUT2D eigenvalue weighted by molar-refractivity contribution is -0.137. The zero-order valence-electron chi connectivity index (χ0n) is 13.8. The van der Waals surface area contributed by atoms with E-state index in [1.54, 1.807) is 6.08 Å². The minimum atomic E-state index is -4.35. The molecule has 0 fully saturated rings. The maximum absolute atomic E-state index is 12.6. The van der Waals surface area contributed by atoms with Crippen molar-refractivity contribution in [2.45, 2.75) is 31.9 Å². The van der Waals surface area contributed by atoms with Crippen LogP contribution < -0.4 is 4.84 Å². The first-order chi connectivity index (χ1) is 12.0. The average molecular weight is 347 g/mol. The first-order valence-corrected chi connectivity index (χ1v) is 8.04. The van der Waals surface area contributed by atoms with Gasteiger partial charge in [-0.05, 0) is 55.5 Å². The lowest BCUT2D eigenvalue weighted by Crippen LogP contribution is -2.05. The second kappa shape index (κ2) is 9.06. The second-order valence-electron chi connectivity index (χ2n) is 5.58. The Morgan fingerprint density at radius 2 is 1.68 bits per heavy atom. The zero-order chi connectivity index (χ0) is 18.1. The quantitative estimate of drug-likeness (QED) is 0.324. The molecule has 0 amide bonds. The van der Waals surface area contributed by atoms with Crippen molar-refractivity contribution >= 4 is 5.71 Å². The third-order valence-electron chi connectivity index (χ3n) is 3.64. The van der Waals surface area contributed by atoms with Crippen molar-refractivity contribution in [3.05, 3.63) is 78.4 Å². The van der Waals surface area contributed by atoms with Gasteiger partial charge in [0.15, 0.2) is 5.75 Å². The van der Waals surface area contributed by atoms with Gasteiger partial charge < -0.3 is 4.84 Å². The van der Waals surface area contributed by atoms with Crippen molar-refractivity contribution in [1.82, 2.24) is 0 Å². The number of rotatable bonds is 8. The number of hydrogen-bond donors (Lipinski definition) is 0. The highest BCUT2D eigenvalue weighted by atomic mass is 19.4. The fourth-order valence-electron chi connectivity index (χ4n) is 2.24. The second-order valence-corrected chi connectivity index (χ2v) is 5.58. The Morgan fingerprint density at radius 1 is 1.00 bits per heavy atom. The van der Waals surface area contributed by atoms with E-state index in [4.69, 9.17) is 4.84 Å². The molecule has 0 bridgehead atoms. The molecule has 0 saturated carbocycles. The van der Waals surface area contributed by atoms with E-state index in [9.17, 15) is 13.2 Å². The summed E-state index contributed by atoms with van der Waals surface area (Å²) in [5.41, 5.74) is 1.34. The van der Waals surface area contributed by atoms with Crippen molar-refractivity contribution in [2.24, 2.45) is 5.16 Å². The van der Waals surface area contributed by atoms with Gasteiger partial charge in [-0.2, -0.15) is 13.2 Å². The zero-order valence-corrected chi connectivity index (χ0v) is 13.8. The van der Waals surface area contributed by atoms with E-state index >= 15 is 0 Å². The number of benzene rings is 2. The molecule has 2 aromatic carbocycles. The predicted molar refractivity (Wildman–Crippen MR) is 93.7 cm³/mol. The van der Waals surface area contributed by atoms with Crippen LogP contribution in [0, 0.1) is 0 Å². The molecule has 0 aliphatic heterocycles. The molecule has 0 saturated heterocycles. The summed E-state index contributed by atoms with van der Waals surface area (Å²) in [7, 11) is 0. The number of nitrogens with zero attached hydrogens (tertiary/aromatic N) is 1. The molecule has 2 rings (SSSR count). The Morgan fingerprint density at radius 3 is 2.28 bits per heavy atom. The molecule has 5 heteroatoms. The Labute approximate surface area is 145 Å². The number of aryl methyl sites for hydroxylation is 1. The van der Waals surface area contributed by atoms with Crippen LogP contribution in [-0.4, -0.2) is 5.71 Å². The van der Waals surface area contributed by atoms with Crippen LogP contribution in [0.4, 0.5) is 13.2 Å². The van der Waals surface area contributed by atoms with Crippen LogP contribution in [0.5, 0.6) is 5.75 Å². The normalized spacial score (nSPS) is 12.0. The lowest BCUT2D eigenvalue weighted by Gasteiger charge is -2.08. The topological polar surface area (TPSA) is 21.6 Å². The van der Waals surface area contributed by atoms with E-state index in [0.717, 1.165) is 37.1 Å². The molecular weight excluding hydrogens is 327 g/mol. The van der Waals surface area contributed by atoms with Crippen molar-refractivity contribution in [3.63, 3.8) is 0 Å². The molecule has 0 N–H and O–H groups in total. The highest BCUT2D eigenvalue weighted by molar-refractivity contribution is 5.84. The summed E-state index contributed by atoms with van der Waals surface area (Å²) in [6.45, 7) is 3.70. The van der Waals surface area contributed by atoms with E-state index in [-0.39, 0.29) is 5.75 Å². The fraction of sp³-hybridized carbons (Fsp3) is 0.250. The largest absolute Gasteiger partial charge is 0.416 e. The Bertz CT molecular complexity index is 691. The van der Waals surface area contributed by atoms with Crippen LogP contribution in [-0.2, 0) is 12.6 Å². The van der Waals surface area contributed by atoms with Crippen molar-refractivity contribution in [3.8, 4) is 5.75 Å². The third kappa shape index (κ3) is 6.45. The molecule has 0 spiro atoms. The standard InChI is InChI=1S/C20H20F3NO/c1-2-3-9-18(13-10-16-7-5-4-6-8-16)24-25-19-14-11-17(12-15-19)20(21,22)23/h2,4-8,11-12,14-15H,1,3,9-10,13H2/b24-18+. The van der Waals surface area contributed by atoms with Gasteiger partial charge in [-0.25, -0.2) is 0 Å². The molecule has 0 aromatic heterocycles. The lowest BCUT2D eigenvalue weighted by atomic mass is 10.0. The van der Waals surface area contributed by atoms with Crippen LogP contribution in [0.25, 0.3) is 0 Å². The van der Waals surface area contributed by atoms with Gasteiger partial charge in [0.25, 0.3) is 0 Å². The number of allylic oxidation sites excluding steroid dienone is 1. The Kier molecular flexibility index (Phi) is 6.81. The average Bonchev–Trinajstić information content (AvgIpc) is 2.61. The SMILES string of the molecule is C=CCC/C(CCc1ccccc1)=N\Oc1ccc(C(F)(F)F)cc1. The van der Waals surface area contributed by atoms with Crippen LogP contribution in [0.2, 0.25) is 0 Å². The number of halogens is 3. The van der Waals surface area contributed by atoms with Crippen LogP contribution >= 0.6 is 0 Å². The van der Waals surface area contributed by atoms with Gasteiger partial charge in [-0.3, -0.25) is 0 Å². The van der Waals surface area contributed by atoms with Gasteiger partial charge in [0, 0.05) is 0 Å². The molecule has 25 heavy (non-hydrogen) atoms. The molecule has 0 heterocycles. The summed E-state index contributed by atoms with van der Waals surface area (Å²) in [4.78, 5) is 5.31. The van der Waals surface area contributed by atoms with Gasteiger partial charge in [-0.15, -0.1) is 6.58 Å². The maximum atomic E-state index is 12.6. The summed E-state index contributed by atoms with van der Waals surface area (Å²) in [5, 5.41) is 4.13. The molecule has 2 aromatic rings. The molecule has 0 atom stereocenters. The Hall–Kier alpha value is -2.56. The van der Waals surface area contributed by atoms with Gasteiger partial charge in [0.2, 0.25) is 0 Å². The smallest absolute Gasteiger partial charge is 0.357 e. The molecule has 0 unspecified atom stereocenters.